The van der Waals surface area contributed by atoms with Crippen LogP contribution < -0.4 is 5.32 Å². The van der Waals surface area contributed by atoms with Crippen LogP contribution in [-0.4, -0.2) is 41.6 Å². The van der Waals surface area contributed by atoms with Gasteiger partial charge in [-0.15, -0.1) is 11.3 Å². The first-order valence-corrected chi connectivity index (χ1v) is 9.51. The van der Waals surface area contributed by atoms with Crippen LogP contribution in [0.15, 0.2) is 12.1 Å². The van der Waals surface area contributed by atoms with Crippen molar-refractivity contribution in [3.8, 4) is 0 Å². The third kappa shape index (κ3) is 4.72. The molecule has 0 atom stereocenters. The number of thiophene rings is 1. The molecule has 2 aromatic heterocycles. The van der Waals surface area contributed by atoms with E-state index in [1.165, 1.54) is 24.2 Å². The number of hydrogen-bond donors (Lipinski definition) is 1. The molecule has 0 aromatic carbocycles. The predicted molar refractivity (Wildman–Crippen MR) is 99.8 cm³/mol. The number of aromatic nitrogens is 1. The van der Waals surface area contributed by atoms with E-state index in [1.807, 2.05) is 23.7 Å². The Bertz CT molecular complexity index is 650. The molecular formula is C17H26ClN3OS. The predicted octanol–water partition coefficient (Wildman–Crippen LogP) is 4.14. The molecule has 0 aliphatic carbocycles. The van der Waals surface area contributed by atoms with Crippen molar-refractivity contribution in [1.82, 2.24) is 14.8 Å². The van der Waals surface area contributed by atoms with Gasteiger partial charge in [0.1, 0.15) is 5.69 Å². The van der Waals surface area contributed by atoms with Crippen LogP contribution in [0, 0.1) is 0 Å². The molecule has 0 saturated heterocycles. The second-order valence-corrected chi connectivity index (χ2v) is 7.50. The van der Waals surface area contributed by atoms with Crippen LogP contribution in [0.1, 0.15) is 43.6 Å². The van der Waals surface area contributed by atoms with Gasteiger partial charge in [0.15, 0.2) is 0 Å². The smallest absolute Gasteiger partial charge is 0.267 e. The first-order chi connectivity index (χ1) is 11.1. The summed E-state index contributed by atoms with van der Waals surface area (Å²) >= 11 is 7.52. The Kier molecular flexibility index (Phi) is 6.93. The summed E-state index contributed by atoms with van der Waals surface area (Å²) in [6.45, 7) is 8.37. The molecule has 0 aliphatic rings. The third-order valence-electron chi connectivity index (χ3n) is 4.15. The summed E-state index contributed by atoms with van der Waals surface area (Å²) in [5, 5.41) is 3.03. The van der Waals surface area contributed by atoms with Crippen molar-refractivity contribution in [1.29, 1.82) is 0 Å². The maximum Gasteiger partial charge on any atom is 0.267 e. The van der Waals surface area contributed by atoms with E-state index in [2.05, 4.69) is 24.1 Å². The van der Waals surface area contributed by atoms with E-state index in [-0.39, 0.29) is 5.91 Å². The van der Waals surface area contributed by atoms with E-state index < -0.39 is 0 Å². The van der Waals surface area contributed by atoms with Gasteiger partial charge in [0, 0.05) is 13.6 Å². The summed E-state index contributed by atoms with van der Waals surface area (Å²) in [7, 11) is 1.91. The summed E-state index contributed by atoms with van der Waals surface area (Å²) in [5.74, 6) is -0.0105. The average molecular weight is 356 g/mol. The highest BCUT2D eigenvalue weighted by atomic mass is 35.5. The molecule has 1 amide bonds. The minimum Gasteiger partial charge on any atom is -0.351 e. The van der Waals surface area contributed by atoms with Crippen molar-refractivity contribution >= 4 is 39.1 Å². The molecule has 6 heteroatoms. The Morgan fingerprint density at radius 3 is 2.70 bits per heavy atom. The summed E-state index contributed by atoms with van der Waals surface area (Å²) in [6.07, 6.45) is 3.44. The van der Waals surface area contributed by atoms with E-state index >= 15 is 0 Å². The molecule has 1 N–H and O–H groups in total. The second-order valence-electron chi connectivity index (χ2n) is 5.79. The van der Waals surface area contributed by atoms with Gasteiger partial charge in [0.05, 0.1) is 14.6 Å². The van der Waals surface area contributed by atoms with Crippen LogP contribution in [-0.2, 0) is 7.05 Å². The van der Waals surface area contributed by atoms with Crippen LogP contribution >= 0.6 is 22.9 Å². The molecule has 2 aromatic rings. The van der Waals surface area contributed by atoms with Gasteiger partial charge in [-0.3, -0.25) is 4.79 Å². The van der Waals surface area contributed by atoms with Gasteiger partial charge in [0.25, 0.3) is 5.91 Å². The van der Waals surface area contributed by atoms with Gasteiger partial charge in [-0.2, -0.15) is 0 Å². The number of carbonyl (C=O) groups is 1. The van der Waals surface area contributed by atoms with E-state index in [0.29, 0.717) is 12.2 Å². The lowest BCUT2D eigenvalue weighted by atomic mass is 10.3. The number of nitrogens with one attached hydrogen (secondary N) is 1. The van der Waals surface area contributed by atoms with Gasteiger partial charge < -0.3 is 14.8 Å². The maximum absolute atomic E-state index is 12.3. The van der Waals surface area contributed by atoms with Crippen LogP contribution in [0.3, 0.4) is 0 Å². The van der Waals surface area contributed by atoms with Crippen molar-refractivity contribution in [2.24, 2.45) is 7.05 Å². The number of rotatable bonds is 9. The van der Waals surface area contributed by atoms with E-state index in [0.717, 1.165) is 40.6 Å². The Balaban J connectivity index is 1.82. The number of carbonyl (C=O) groups excluding carboxylic acids is 1. The Morgan fingerprint density at radius 2 is 2.04 bits per heavy atom. The van der Waals surface area contributed by atoms with Crippen molar-refractivity contribution in [3.05, 3.63) is 22.2 Å². The minimum atomic E-state index is -0.0105. The first kappa shape index (κ1) is 18.3. The summed E-state index contributed by atoms with van der Waals surface area (Å²) in [4.78, 5) is 14.8. The Labute approximate surface area is 147 Å². The van der Waals surface area contributed by atoms with Gasteiger partial charge in [0.2, 0.25) is 0 Å². The normalized spacial score (nSPS) is 11.5. The zero-order valence-corrected chi connectivity index (χ0v) is 15.8. The number of amides is 1. The van der Waals surface area contributed by atoms with Crippen molar-refractivity contribution in [2.75, 3.05) is 26.2 Å². The monoisotopic (exact) mass is 355 g/mol. The summed E-state index contributed by atoms with van der Waals surface area (Å²) < 4.78 is 3.72. The average Bonchev–Trinajstić information content (AvgIpc) is 3.04. The lowest BCUT2D eigenvalue weighted by Crippen LogP contribution is -2.31. The van der Waals surface area contributed by atoms with Crippen LogP contribution in [0.25, 0.3) is 10.2 Å². The topological polar surface area (TPSA) is 37.3 Å². The second kappa shape index (κ2) is 8.71. The first-order valence-electron chi connectivity index (χ1n) is 8.32. The lowest BCUT2D eigenvalue weighted by molar-refractivity contribution is 0.0944. The number of unbranched alkanes of at least 4 members (excludes halogenated alkanes) is 1. The van der Waals surface area contributed by atoms with E-state index in [1.54, 1.807) is 0 Å². The zero-order chi connectivity index (χ0) is 16.8. The molecule has 0 spiro atoms. The maximum atomic E-state index is 12.3. The van der Waals surface area contributed by atoms with Crippen molar-refractivity contribution in [2.45, 2.75) is 33.1 Å². The van der Waals surface area contributed by atoms with Crippen LogP contribution in [0.4, 0.5) is 0 Å². The molecule has 0 saturated carbocycles. The number of hydrogen-bond acceptors (Lipinski definition) is 3. The van der Waals surface area contributed by atoms with Crippen LogP contribution in [0.5, 0.6) is 0 Å². The molecule has 0 bridgehead atoms. The van der Waals surface area contributed by atoms with Crippen LogP contribution in [0.2, 0.25) is 4.34 Å². The fourth-order valence-corrected chi connectivity index (χ4v) is 3.91. The molecule has 0 unspecified atom stereocenters. The standard InChI is InChI=1S/C17H26ClN3OS/c1-4-6-9-21(5-2)10-7-8-19-17(22)14-11-15-13(20(14)3)12-16(18)23-15/h11-12H,4-10H2,1-3H3,(H,19,22). The van der Waals surface area contributed by atoms with E-state index in [4.69, 9.17) is 11.6 Å². The van der Waals surface area contributed by atoms with Crippen molar-refractivity contribution in [3.63, 3.8) is 0 Å². The molecule has 4 nitrogen and oxygen atoms in total. The zero-order valence-electron chi connectivity index (χ0n) is 14.2. The molecule has 0 radical (unpaired) electrons. The highest BCUT2D eigenvalue weighted by molar-refractivity contribution is 7.22. The van der Waals surface area contributed by atoms with Gasteiger partial charge in [-0.1, -0.05) is 31.9 Å². The fraction of sp³-hybridized carbons (Fsp3) is 0.588. The minimum absolute atomic E-state index is 0.0105. The Hall–Kier alpha value is -1.04. The Morgan fingerprint density at radius 1 is 1.30 bits per heavy atom. The van der Waals surface area contributed by atoms with Gasteiger partial charge >= 0.3 is 0 Å². The summed E-state index contributed by atoms with van der Waals surface area (Å²) in [5.41, 5.74) is 1.71. The molecule has 2 heterocycles. The molecule has 128 valence electrons. The number of fused-ring (bicyclic) bond motifs is 1. The largest absolute Gasteiger partial charge is 0.351 e. The fourth-order valence-electron chi connectivity index (χ4n) is 2.70. The third-order valence-corrected chi connectivity index (χ3v) is 5.35. The van der Waals surface area contributed by atoms with E-state index in [9.17, 15) is 4.79 Å². The van der Waals surface area contributed by atoms with Gasteiger partial charge in [-0.25, -0.2) is 0 Å². The molecular weight excluding hydrogens is 330 g/mol. The number of aryl methyl sites for hydroxylation is 1. The number of halogens is 1. The highest BCUT2D eigenvalue weighted by Gasteiger charge is 2.15. The molecule has 2 rings (SSSR count). The SMILES string of the molecule is CCCCN(CC)CCCNC(=O)c1cc2sc(Cl)cc2n1C. The molecule has 0 aliphatic heterocycles. The summed E-state index contributed by atoms with van der Waals surface area (Å²) in [6, 6.07) is 3.83. The number of nitrogens with zero attached hydrogens (tertiary/aromatic N) is 2. The molecule has 23 heavy (non-hydrogen) atoms. The van der Waals surface area contributed by atoms with Crippen molar-refractivity contribution < 1.29 is 4.79 Å². The highest BCUT2D eigenvalue weighted by Crippen LogP contribution is 2.31. The quantitative estimate of drug-likeness (QED) is 0.686. The van der Waals surface area contributed by atoms with Gasteiger partial charge in [-0.05, 0) is 44.6 Å². The lowest BCUT2D eigenvalue weighted by Gasteiger charge is -2.19. The molecule has 0 fully saturated rings.